The summed E-state index contributed by atoms with van der Waals surface area (Å²) >= 11 is 1.92. The molecule has 1 amide bonds. The number of carbonyl (C=O) groups is 1. The molecule has 0 unspecified atom stereocenters. The number of benzene rings is 3. The van der Waals surface area contributed by atoms with Crippen molar-refractivity contribution in [3.8, 4) is 17.6 Å². The lowest BCUT2D eigenvalue weighted by Crippen LogP contribution is -2.13. The lowest BCUT2D eigenvalue weighted by atomic mass is 10.1. The molecule has 0 aromatic heterocycles. The Hall–Kier alpha value is -3.36. The number of nitriles is 1. The van der Waals surface area contributed by atoms with Gasteiger partial charge in [0, 0.05) is 5.69 Å². The molecular formula is C26H23IN2O5S. The van der Waals surface area contributed by atoms with E-state index in [1.54, 1.807) is 24.3 Å². The predicted molar refractivity (Wildman–Crippen MR) is 143 cm³/mol. The van der Waals surface area contributed by atoms with Crippen LogP contribution in [0.1, 0.15) is 22.3 Å². The summed E-state index contributed by atoms with van der Waals surface area (Å²) in [5, 5.41) is 12.3. The van der Waals surface area contributed by atoms with E-state index >= 15 is 0 Å². The van der Waals surface area contributed by atoms with Crippen LogP contribution in [0.4, 0.5) is 5.69 Å². The zero-order chi connectivity index (χ0) is 25.8. The molecule has 0 aliphatic carbocycles. The van der Waals surface area contributed by atoms with Crippen LogP contribution in [0.15, 0.2) is 65.1 Å². The molecule has 0 spiro atoms. The van der Waals surface area contributed by atoms with Gasteiger partial charge < -0.3 is 14.2 Å². The number of ether oxygens (including phenoxy) is 1. The Morgan fingerprint density at radius 2 is 1.71 bits per heavy atom. The fraction of sp³-hybridized carbons (Fsp3) is 0.154. The summed E-state index contributed by atoms with van der Waals surface area (Å²) in [6.07, 6.45) is 1.40. The first-order valence-electron chi connectivity index (χ1n) is 10.4. The predicted octanol–water partition coefficient (Wildman–Crippen LogP) is 5.54. The van der Waals surface area contributed by atoms with E-state index in [4.69, 9.17) is 8.92 Å². The summed E-state index contributed by atoms with van der Waals surface area (Å²) in [6.45, 7) is 5.76. The monoisotopic (exact) mass is 602 g/mol. The quantitative estimate of drug-likeness (QED) is 0.165. The first-order valence-corrected chi connectivity index (χ1v) is 12.9. The maximum atomic E-state index is 12.8. The Morgan fingerprint density at radius 3 is 2.31 bits per heavy atom. The second kappa shape index (κ2) is 10.9. The van der Waals surface area contributed by atoms with Crippen molar-refractivity contribution < 1.29 is 22.1 Å². The van der Waals surface area contributed by atoms with Crippen molar-refractivity contribution in [1.29, 1.82) is 5.26 Å². The SMILES string of the molecule is COc1cc(/C=C(\C#N)C(=O)Nc2ccc(C)c(C)c2)cc(I)c1OS(=O)(=O)c1ccc(C)cc1. The number of aryl methyl sites for hydroxylation is 3. The summed E-state index contributed by atoms with van der Waals surface area (Å²) < 4.78 is 36.7. The average Bonchev–Trinajstić information content (AvgIpc) is 2.81. The minimum absolute atomic E-state index is 0.0136. The van der Waals surface area contributed by atoms with Crippen LogP contribution in [0.5, 0.6) is 11.5 Å². The Kier molecular flexibility index (Phi) is 8.19. The highest BCUT2D eigenvalue weighted by Gasteiger charge is 2.22. The van der Waals surface area contributed by atoms with Crippen LogP contribution < -0.4 is 14.2 Å². The highest BCUT2D eigenvalue weighted by molar-refractivity contribution is 14.1. The van der Waals surface area contributed by atoms with Crippen molar-refractivity contribution in [2.24, 2.45) is 0 Å². The van der Waals surface area contributed by atoms with Gasteiger partial charge in [-0.05, 0) is 103 Å². The van der Waals surface area contributed by atoms with Gasteiger partial charge in [-0.1, -0.05) is 23.8 Å². The zero-order valence-electron chi connectivity index (χ0n) is 19.5. The molecule has 0 aliphatic heterocycles. The highest BCUT2D eigenvalue weighted by atomic mass is 127. The summed E-state index contributed by atoms with van der Waals surface area (Å²) in [5.41, 5.74) is 3.95. The fourth-order valence-electron chi connectivity index (χ4n) is 3.10. The van der Waals surface area contributed by atoms with Gasteiger partial charge in [0.05, 0.1) is 10.7 Å². The molecule has 0 bridgehead atoms. The van der Waals surface area contributed by atoms with E-state index in [9.17, 15) is 18.5 Å². The third-order valence-electron chi connectivity index (χ3n) is 5.20. The van der Waals surface area contributed by atoms with Gasteiger partial charge in [-0.3, -0.25) is 4.79 Å². The van der Waals surface area contributed by atoms with E-state index in [2.05, 4.69) is 5.32 Å². The van der Waals surface area contributed by atoms with Crippen LogP contribution in [-0.4, -0.2) is 21.4 Å². The van der Waals surface area contributed by atoms with E-state index in [1.807, 2.05) is 61.6 Å². The first-order chi connectivity index (χ1) is 16.5. The van der Waals surface area contributed by atoms with E-state index in [0.717, 1.165) is 16.7 Å². The highest BCUT2D eigenvalue weighted by Crippen LogP contribution is 2.36. The van der Waals surface area contributed by atoms with Crippen molar-refractivity contribution in [3.05, 3.63) is 86.0 Å². The Morgan fingerprint density at radius 1 is 1.03 bits per heavy atom. The molecule has 7 nitrogen and oxygen atoms in total. The van der Waals surface area contributed by atoms with Gasteiger partial charge in [-0.25, -0.2) is 0 Å². The minimum atomic E-state index is -4.10. The van der Waals surface area contributed by atoms with Crippen molar-refractivity contribution >= 4 is 50.4 Å². The topological polar surface area (TPSA) is 105 Å². The maximum absolute atomic E-state index is 12.8. The van der Waals surface area contributed by atoms with E-state index < -0.39 is 16.0 Å². The van der Waals surface area contributed by atoms with Crippen LogP contribution in [-0.2, 0) is 14.9 Å². The summed E-state index contributed by atoms with van der Waals surface area (Å²) in [4.78, 5) is 12.7. The van der Waals surface area contributed by atoms with Crippen molar-refractivity contribution in [2.45, 2.75) is 25.7 Å². The Labute approximate surface area is 218 Å². The molecule has 1 N–H and O–H groups in total. The van der Waals surface area contributed by atoms with E-state index in [0.29, 0.717) is 14.8 Å². The molecule has 0 saturated heterocycles. The summed E-state index contributed by atoms with van der Waals surface area (Å²) in [7, 11) is -2.72. The number of methoxy groups -OCH3 is 1. The fourth-order valence-corrected chi connectivity index (χ4v) is 4.94. The molecule has 0 fully saturated rings. The number of nitrogens with zero attached hydrogens (tertiary/aromatic N) is 1. The molecule has 0 saturated carbocycles. The number of hydrogen-bond acceptors (Lipinski definition) is 6. The van der Waals surface area contributed by atoms with Gasteiger partial charge in [0.2, 0.25) is 0 Å². The van der Waals surface area contributed by atoms with Crippen LogP contribution in [0, 0.1) is 35.7 Å². The average molecular weight is 602 g/mol. The molecule has 3 rings (SSSR count). The molecule has 9 heteroatoms. The van der Waals surface area contributed by atoms with Crippen molar-refractivity contribution in [1.82, 2.24) is 0 Å². The van der Waals surface area contributed by atoms with E-state index in [1.165, 1.54) is 31.4 Å². The molecule has 3 aromatic carbocycles. The normalized spacial score (nSPS) is 11.5. The molecule has 0 radical (unpaired) electrons. The zero-order valence-corrected chi connectivity index (χ0v) is 22.5. The Balaban J connectivity index is 1.90. The van der Waals surface area contributed by atoms with Crippen molar-refractivity contribution in [2.75, 3.05) is 12.4 Å². The second-order valence-corrected chi connectivity index (χ2v) is 10.5. The Bertz CT molecular complexity index is 1460. The molecule has 180 valence electrons. The third-order valence-corrected chi connectivity index (χ3v) is 7.23. The van der Waals surface area contributed by atoms with Gasteiger partial charge in [-0.2, -0.15) is 13.7 Å². The van der Waals surface area contributed by atoms with Crippen LogP contribution in [0.3, 0.4) is 0 Å². The summed E-state index contributed by atoms with van der Waals surface area (Å²) in [5.74, 6) is -0.401. The molecule has 0 aliphatic rings. The minimum Gasteiger partial charge on any atom is -0.493 e. The lowest BCUT2D eigenvalue weighted by molar-refractivity contribution is -0.112. The molecule has 0 atom stereocenters. The first kappa shape index (κ1) is 26.2. The number of carbonyl (C=O) groups excluding carboxylic acids is 1. The smallest absolute Gasteiger partial charge is 0.339 e. The maximum Gasteiger partial charge on any atom is 0.339 e. The molecule has 3 aromatic rings. The number of halogens is 1. The second-order valence-electron chi connectivity index (χ2n) is 7.81. The van der Waals surface area contributed by atoms with Crippen LogP contribution in [0.25, 0.3) is 6.08 Å². The largest absolute Gasteiger partial charge is 0.493 e. The molecule has 35 heavy (non-hydrogen) atoms. The van der Waals surface area contributed by atoms with Crippen molar-refractivity contribution in [3.63, 3.8) is 0 Å². The molecular weight excluding hydrogens is 579 g/mol. The van der Waals surface area contributed by atoms with Crippen LogP contribution in [0.2, 0.25) is 0 Å². The van der Waals surface area contributed by atoms with Gasteiger partial charge >= 0.3 is 10.1 Å². The van der Waals surface area contributed by atoms with Gasteiger partial charge in [0.25, 0.3) is 5.91 Å². The molecule has 0 heterocycles. The number of anilines is 1. The van der Waals surface area contributed by atoms with Gasteiger partial charge in [0.15, 0.2) is 11.5 Å². The summed E-state index contributed by atoms with van der Waals surface area (Å²) in [6, 6.07) is 16.8. The number of rotatable bonds is 7. The number of nitrogens with one attached hydrogen (secondary N) is 1. The van der Waals surface area contributed by atoms with Gasteiger partial charge in [0.1, 0.15) is 16.5 Å². The van der Waals surface area contributed by atoms with E-state index in [-0.39, 0.29) is 22.0 Å². The number of hydrogen-bond donors (Lipinski definition) is 1. The standard InChI is InChI=1S/C26H23IN2O5S/c1-16-5-9-22(10-6-16)35(31,32)34-25-23(27)13-19(14-24(25)33-4)12-20(15-28)26(30)29-21-8-7-17(2)18(3)11-21/h5-14H,1-4H3,(H,29,30)/b20-12+. The number of amides is 1. The van der Waals surface area contributed by atoms with Crippen LogP contribution >= 0.6 is 22.6 Å². The third kappa shape index (κ3) is 6.41. The van der Waals surface area contributed by atoms with Gasteiger partial charge in [-0.15, -0.1) is 0 Å². The lowest BCUT2D eigenvalue weighted by Gasteiger charge is -2.14.